The van der Waals surface area contributed by atoms with E-state index in [2.05, 4.69) is 23.3 Å². The molecule has 19 heavy (non-hydrogen) atoms. The highest BCUT2D eigenvalue weighted by Crippen LogP contribution is 2.30. The minimum absolute atomic E-state index is 0.503. The summed E-state index contributed by atoms with van der Waals surface area (Å²) >= 11 is 0. The molecule has 1 aromatic heterocycles. The number of aromatic nitrogens is 2. The molecular weight excluding hydrogens is 238 g/mol. The zero-order valence-corrected chi connectivity index (χ0v) is 11.1. The van der Waals surface area contributed by atoms with Gasteiger partial charge in [0, 0.05) is 7.05 Å². The number of fused-ring (bicyclic) bond motifs is 1. The van der Waals surface area contributed by atoms with Crippen LogP contribution in [0, 0.1) is 18.3 Å². The average Bonchev–Trinajstić information content (AvgIpc) is 2.94. The minimum atomic E-state index is 0.503. The van der Waals surface area contributed by atoms with Crippen molar-refractivity contribution in [3.63, 3.8) is 0 Å². The predicted octanol–water partition coefficient (Wildman–Crippen LogP) is 2.88. The first-order chi connectivity index (χ1) is 9.19. The maximum absolute atomic E-state index is 9.16. The number of aryl methyl sites for hydroxylation is 4. The minimum Gasteiger partial charge on any atom is -0.438 e. The Hall–Kier alpha value is -2.28. The summed E-state index contributed by atoms with van der Waals surface area (Å²) in [4.78, 5) is 0. The molecule has 2 aromatic rings. The summed E-state index contributed by atoms with van der Waals surface area (Å²) in [7, 11) is 1.79. The van der Waals surface area contributed by atoms with Crippen LogP contribution >= 0.6 is 0 Å². The molecule has 0 amide bonds. The van der Waals surface area contributed by atoms with Crippen LogP contribution < -0.4 is 4.74 Å². The second-order valence-electron chi connectivity index (χ2n) is 4.89. The molecule has 4 heteroatoms. The van der Waals surface area contributed by atoms with Crippen LogP contribution in [0.25, 0.3) is 0 Å². The van der Waals surface area contributed by atoms with Crippen LogP contribution in [0.3, 0.4) is 0 Å². The van der Waals surface area contributed by atoms with Crippen LogP contribution in [0.1, 0.15) is 28.8 Å². The SMILES string of the molecule is Cc1nn(C)c(Oc2ccc3c(c2)CCC3)c1C#N. The van der Waals surface area contributed by atoms with Crippen molar-refractivity contribution in [1.29, 1.82) is 5.26 Å². The Morgan fingerprint density at radius 1 is 1.32 bits per heavy atom. The van der Waals surface area contributed by atoms with E-state index in [-0.39, 0.29) is 0 Å². The lowest BCUT2D eigenvalue weighted by molar-refractivity contribution is 0.429. The molecule has 0 atom stereocenters. The highest BCUT2D eigenvalue weighted by Gasteiger charge is 2.16. The summed E-state index contributed by atoms with van der Waals surface area (Å²) in [5, 5.41) is 13.4. The van der Waals surface area contributed by atoms with E-state index in [4.69, 9.17) is 10.00 Å². The molecule has 4 nitrogen and oxygen atoms in total. The van der Waals surface area contributed by atoms with Gasteiger partial charge < -0.3 is 4.74 Å². The quantitative estimate of drug-likeness (QED) is 0.826. The van der Waals surface area contributed by atoms with Gasteiger partial charge in [0.2, 0.25) is 5.88 Å². The number of nitriles is 1. The lowest BCUT2D eigenvalue weighted by atomic mass is 10.1. The zero-order valence-electron chi connectivity index (χ0n) is 11.1. The van der Waals surface area contributed by atoms with Crippen molar-refractivity contribution in [1.82, 2.24) is 9.78 Å². The van der Waals surface area contributed by atoms with E-state index >= 15 is 0 Å². The van der Waals surface area contributed by atoms with Crippen molar-refractivity contribution in [2.45, 2.75) is 26.2 Å². The third kappa shape index (κ3) is 1.97. The smallest absolute Gasteiger partial charge is 0.235 e. The Morgan fingerprint density at radius 3 is 2.89 bits per heavy atom. The maximum atomic E-state index is 9.16. The summed E-state index contributed by atoms with van der Waals surface area (Å²) in [6, 6.07) is 8.31. The van der Waals surface area contributed by atoms with Gasteiger partial charge in [0.15, 0.2) is 0 Å². The molecule has 1 heterocycles. The summed E-state index contributed by atoms with van der Waals surface area (Å²) in [5.74, 6) is 1.29. The third-order valence-electron chi connectivity index (χ3n) is 3.57. The van der Waals surface area contributed by atoms with Gasteiger partial charge in [0.25, 0.3) is 0 Å². The first-order valence-corrected chi connectivity index (χ1v) is 6.42. The Morgan fingerprint density at radius 2 is 2.11 bits per heavy atom. The van der Waals surface area contributed by atoms with E-state index in [9.17, 15) is 0 Å². The number of hydrogen-bond acceptors (Lipinski definition) is 3. The van der Waals surface area contributed by atoms with Gasteiger partial charge in [0.1, 0.15) is 17.4 Å². The fraction of sp³-hybridized carbons (Fsp3) is 0.333. The number of ether oxygens (including phenoxy) is 1. The lowest BCUT2D eigenvalue weighted by Crippen LogP contribution is -1.96. The van der Waals surface area contributed by atoms with Gasteiger partial charge in [-0.25, -0.2) is 4.68 Å². The lowest BCUT2D eigenvalue weighted by Gasteiger charge is -2.08. The highest BCUT2D eigenvalue weighted by molar-refractivity contribution is 5.46. The molecule has 0 fully saturated rings. The first kappa shape index (κ1) is 11.8. The van der Waals surface area contributed by atoms with Gasteiger partial charge in [-0.05, 0) is 49.4 Å². The van der Waals surface area contributed by atoms with Crippen LogP contribution in [-0.4, -0.2) is 9.78 Å². The summed E-state index contributed by atoms with van der Waals surface area (Å²) in [6.45, 7) is 1.81. The predicted molar refractivity (Wildman–Crippen MR) is 71.2 cm³/mol. The maximum Gasteiger partial charge on any atom is 0.235 e. The van der Waals surface area contributed by atoms with Crippen molar-refractivity contribution >= 4 is 0 Å². The highest BCUT2D eigenvalue weighted by atomic mass is 16.5. The Balaban J connectivity index is 1.96. The van der Waals surface area contributed by atoms with E-state index in [0.29, 0.717) is 17.1 Å². The number of rotatable bonds is 2. The van der Waals surface area contributed by atoms with Crippen LogP contribution in [0.2, 0.25) is 0 Å². The van der Waals surface area contributed by atoms with E-state index in [0.717, 1.165) is 18.6 Å². The third-order valence-corrected chi connectivity index (χ3v) is 3.57. The molecule has 1 aromatic carbocycles. The van der Waals surface area contributed by atoms with Gasteiger partial charge >= 0.3 is 0 Å². The van der Waals surface area contributed by atoms with Crippen molar-refractivity contribution < 1.29 is 4.74 Å². The fourth-order valence-electron chi connectivity index (χ4n) is 2.61. The van der Waals surface area contributed by atoms with Crippen LogP contribution in [-0.2, 0) is 19.9 Å². The molecule has 0 saturated heterocycles. The number of hydrogen-bond donors (Lipinski definition) is 0. The first-order valence-electron chi connectivity index (χ1n) is 6.42. The molecule has 0 unspecified atom stereocenters. The normalized spacial score (nSPS) is 13.1. The molecule has 1 aliphatic carbocycles. The summed E-state index contributed by atoms with van der Waals surface area (Å²) in [5.41, 5.74) is 3.97. The standard InChI is InChI=1S/C15H15N3O/c1-10-14(9-16)15(18(2)17-10)19-13-7-6-11-4-3-5-12(11)8-13/h6-8H,3-5H2,1-2H3. The Kier molecular flexibility index (Phi) is 2.75. The molecule has 96 valence electrons. The van der Waals surface area contributed by atoms with Crippen molar-refractivity contribution in [2.24, 2.45) is 7.05 Å². The van der Waals surface area contributed by atoms with Gasteiger partial charge in [0.05, 0.1) is 5.69 Å². The molecule has 0 aliphatic heterocycles. The largest absolute Gasteiger partial charge is 0.438 e. The van der Waals surface area contributed by atoms with E-state index in [1.54, 1.807) is 11.7 Å². The molecule has 1 aliphatic rings. The summed E-state index contributed by atoms with van der Waals surface area (Å²) in [6.07, 6.45) is 3.49. The van der Waals surface area contributed by atoms with Gasteiger partial charge in [-0.2, -0.15) is 10.4 Å². The number of benzene rings is 1. The molecule has 0 N–H and O–H groups in total. The molecular formula is C15H15N3O. The van der Waals surface area contributed by atoms with Gasteiger partial charge in [-0.15, -0.1) is 0 Å². The van der Waals surface area contributed by atoms with Crippen molar-refractivity contribution in [3.8, 4) is 17.7 Å². The fourth-order valence-corrected chi connectivity index (χ4v) is 2.61. The van der Waals surface area contributed by atoms with Gasteiger partial charge in [-0.3, -0.25) is 0 Å². The summed E-state index contributed by atoms with van der Waals surface area (Å²) < 4.78 is 7.47. The van der Waals surface area contributed by atoms with Crippen molar-refractivity contribution in [2.75, 3.05) is 0 Å². The number of nitrogens with zero attached hydrogens (tertiary/aromatic N) is 3. The monoisotopic (exact) mass is 253 g/mol. The average molecular weight is 253 g/mol. The van der Waals surface area contributed by atoms with Gasteiger partial charge in [-0.1, -0.05) is 6.07 Å². The topological polar surface area (TPSA) is 50.8 Å². The Labute approximate surface area is 112 Å². The van der Waals surface area contributed by atoms with Crippen LogP contribution in [0.5, 0.6) is 11.6 Å². The molecule has 0 spiro atoms. The van der Waals surface area contributed by atoms with Crippen LogP contribution in [0.15, 0.2) is 18.2 Å². The van der Waals surface area contributed by atoms with Crippen LogP contribution in [0.4, 0.5) is 0 Å². The Bertz CT molecular complexity index is 679. The second kappa shape index (κ2) is 4.43. The van der Waals surface area contributed by atoms with E-state index < -0.39 is 0 Å². The molecule has 0 radical (unpaired) electrons. The molecule has 0 saturated carbocycles. The zero-order chi connectivity index (χ0) is 13.4. The second-order valence-corrected chi connectivity index (χ2v) is 4.89. The van der Waals surface area contributed by atoms with E-state index in [1.165, 1.54) is 17.5 Å². The molecule has 3 rings (SSSR count). The molecule has 0 bridgehead atoms. The van der Waals surface area contributed by atoms with E-state index in [1.807, 2.05) is 13.0 Å². The van der Waals surface area contributed by atoms with Crippen molar-refractivity contribution in [3.05, 3.63) is 40.6 Å².